The van der Waals surface area contributed by atoms with Gasteiger partial charge in [0.05, 0.1) is 6.61 Å². The second kappa shape index (κ2) is 5.82. The summed E-state index contributed by atoms with van der Waals surface area (Å²) in [5.74, 6) is -1.73. The van der Waals surface area contributed by atoms with Crippen molar-refractivity contribution in [1.29, 1.82) is 0 Å². The van der Waals surface area contributed by atoms with Crippen LogP contribution >= 0.6 is 15.9 Å². The van der Waals surface area contributed by atoms with E-state index in [9.17, 15) is 13.6 Å². The van der Waals surface area contributed by atoms with E-state index in [4.69, 9.17) is 4.74 Å². The van der Waals surface area contributed by atoms with Crippen LogP contribution in [0.5, 0.6) is 0 Å². The molecule has 102 valence electrons. The first kappa shape index (κ1) is 14.2. The van der Waals surface area contributed by atoms with Crippen LogP contribution in [-0.2, 0) is 9.53 Å². The van der Waals surface area contributed by atoms with Crippen LogP contribution in [0.1, 0.15) is 24.8 Å². The lowest BCUT2D eigenvalue weighted by Crippen LogP contribution is -1.99. The number of hydrogen-bond acceptors (Lipinski definition) is 2. The monoisotopic (exact) mass is 330 g/mol. The molecule has 0 saturated heterocycles. The van der Waals surface area contributed by atoms with E-state index in [1.54, 1.807) is 13.0 Å². The van der Waals surface area contributed by atoms with Crippen molar-refractivity contribution in [3.8, 4) is 0 Å². The highest BCUT2D eigenvalue weighted by Crippen LogP contribution is 2.50. The molecule has 0 aliphatic heterocycles. The van der Waals surface area contributed by atoms with Gasteiger partial charge in [-0.15, -0.1) is 0 Å². The minimum atomic E-state index is -0.552. The molecule has 1 aromatic rings. The molecule has 0 radical (unpaired) electrons. The Morgan fingerprint density at radius 1 is 1.47 bits per heavy atom. The Morgan fingerprint density at radius 2 is 2.11 bits per heavy atom. The SMILES string of the molecule is CCOC(=O)/C=C/C1CC1c1c(F)cc(Br)cc1F. The molecular weight excluding hydrogens is 318 g/mol. The van der Waals surface area contributed by atoms with Crippen LogP contribution in [0.2, 0.25) is 0 Å². The van der Waals surface area contributed by atoms with Crippen molar-refractivity contribution in [1.82, 2.24) is 0 Å². The number of halogens is 3. The molecule has 0 amide bonds. The molecule has 0 spiro atoms. The summed E-state index contributed by atoms with van der Waals surface area (Å²) in [7, 11) is 0. The number of ether oxygens (including phenoxy) is 1. The van der Waals surface area contributed by atoms with Crippen LogP contribution in [0.3, 0.4) is 0 Å². The van der Waals surface area contributed by atoms with E-state index in [-0.39, 0.29) is 17.4 Å². The van der Waals surface area contributed by atoms with Gasteiger partial charge < -0.3 is 4.74 Å². The van der Waals surface area contributed by atoms with Crippen molar-refractivity contribution >= 4 is 21.9 Å². The van der Waals surface area contributed by atoms with E-state index in [2.05, 4.69) is 15.9 Å². The highest BCUT2D eigenvalue weighted by atomic mass is 79.9. The number of hydrogen-bond donors (Lipinski definition) is 0. The number of allylic oxidation sites excluding steroid dienone is 1. The largest absolute Gasteiger partial charge is 0.463 e. The first-order valence-electron chi connectivity index (χ1n) is 6.02. The van der Waals surface area contributed by atoms with Crippen molar-refractivity contribution < 1.29 is 18.3 Å². The second-order valence-corrected chi connectivity index (χ2v) is 5.32. The lowest BCUT2D eigenvalue weighted by Gasteiger charge is -2.04. The molecule has 0 bridgehead atoms. The van der Waals surface area contributed by atoms with Gasteiger partial charge in [0.25, 0.3) is 0 Å². The van der Waals surface area contributed by atoms with Gasteiger partial charge in [0.15, 0.2) is 0 Å². The minimum absolute atomic E-state index is 0.00502. The Hall–Kier alpha value is -1.23. The zero-order valence-corrected chi connectivity index (χ0v) is 11.9. The summed E-state index contributed by atoms with van der Waals surface area (Å²) >= 11 is 3.04. The standard InChI is InChI=1S/C14H13BrF2O2/c1-2-19-13(18)4-3-8-5-10(8)14-11(16)6-9(15)7-12(14)17/h3-4,6-8,10H,2,5H2,1H3/b4-3+. The lowest BCUT2D eigenvalue weighted by atomic mass is 10.1. The zero-order chi connectivity index (χ0) is 14.0. The van der Waals surface area contributed by atoms with E-state index in [0.29, 0.717) is 17.5 Å². The summed E-state index contributed by atoms with van der Waals surface area (Å²) in [5, 5.41) is 0. The molecule has 1 saturated carbocycles. The number of esters is 1. The molecule has 2 rings (SSSR count). The van der Waals surface area contributed by atoms with Crippen molar-refractivity contribution in [2.75, 3.05) is 6.61 Å². The van der Waals surface area contributed by atoms with E-state index in [1.165, 1.54) is 18.2 Å². The fourth-order valence-corrected chi connectivity index (χ4v) is 2.46. The van der Waals surface area contributed by atoms with Gasteiger partial charge in [-0.3, -0.25) is 0 Å². The van der Waals surface area contributed by atoms with Gasteiger partial charge in [0, 0.05) is 16.1 Å². The first-order valence-corrected chi connectivity index (χ1v) is 6.81. The second-order valence-electron chi connectivity index (χ2n) is 4.40. The Bertz CT molecular complexity index is 505. The van der Waals surface area contributed by atoms with E-state index in [1.807, 2.05) is 0 Å². The normalized spacial score (nSPS) is 21.7. The van der Waals surface area contributed by atoms with Gasteiger partial charge in [-0.25, -0.2) is 13.6 Å². The number of rotatable bonds is 4. The smallest absolute Gasteiger partial charge is 0.330 e. The topological polar surface area (TPSA) is 26.3 Å². The predicted octanol–water partition coefficient (Wildman–Crippen LogP) is 3.95. The maximum atomic E-state index is 13.7. The van der Waals surface area contributed by atoms with Gasteiger partial charge in [-0.1, -0.05) is 22.0 Å². The molecule has 0 N–H and O–H groups in total. The van der Waals surface area contributed by atoms with Crippen molar-refractivity contribution in [3.05, 3.63) is 46.0 Å². The highest BCUT2D eigenvalue weighted by molar-refractivity contribution is 9.10. The first-order chi connectivity index (χ1) is 9.02. The van der Waals surface area contributed by atoms with E-state index in [0.717, 1.165) is 0 Å². The van der Waals surface area contributed by atoms with Gasteiger partial charge in [0.1, 0.15) is 11.6 Å². The van der Waals surface area contributed by atoms with Crippen LogP contribution in [0.15, 0.2) is 28.8 Å². The molecule has 1 aliphatic carbocycles. The molecule has 2 nitrogen and oxygen atoms in total. The Morgan fingerprint density at radius 3 is 2.68 bits per heavy atom. The zero-order valence-electron chi connectivity index (χ0n) is 10.3. The van der Waals surface area contributed by atoms with Crippen LogP contribution in [0.25, 0.3) is 0 Å². The third kappa shape index (κ3) is 3.41. The van der Waals surface area contributed by atoms with Gasteiger partial charge in [0.2, 0.25) is 0 Å². The molecular formula is C14H13BrF2O2. The summed E-state index contributed by atoms with van der Waals surface area (Å²) in [6.07, 6.45) is 3.62. The quantitative estimate of drug-likeness (QED) is 0.617. The van der Waals surface area contributed by atoms with Crippen LogP contribution in [-0.4, -0.2) is 12.6 Å². The van der Waals surface area contributed by atoms with E-state index >= 15 is 0 Å². The Labute approximate surface area is 118 Å². The Kier molecular flexibility index (Phi) is 4.34. The number of benzene rings is 1. The number of carbonyl (C=O) groups is 1. The molecule has 19 heavy (non-hydrogen) atoms. The molecule has 0 heterocycles. The van der Waals surface area contributed by atoms with Crippen LogP contribution < -0.4 is 0 Å². The third-order valence-corrected chi connectivity index (χ3v) is 3.48. The van der Waals surface area contributed by atoms with Crippen molar-refractivity contribution in [2.24, 2.45) is 5.92 Å². The summed E-state index contributed by atoms with van der Waals surface area (Å²) in [6, 6.07) is 2.51. The van der Waals surface area contributed by atoms with Crippen LogP contribution in [0, 0.1) is 17.6 Å². The highest BCUT2D eigenvalue weighted by Gasteiger charge is 2.40. The predicted molar refractivity (Wildman–Crippen MR) is 70.7 cm³/mol. The molecule has 2 atom stereocenters. The van der Waals surface area contributed by atoms with Gasteiger partial charge >= 0.3 is 5.97 Å². The third-order valence-electron chi connectivity index (χ3n) is 3.02. The summed E-state index contributed by atoms with van der Waals surface area (Å²) in [4.78, 5) is 11.1. The maximum Gasteiger partial charge on any atom is 0.330 e. The summed E-state index contributed by atoms with van der Waals surface area (Å²) in [5.41, 5.74) is 0.0988. The van der Waals surface area contributed by atoms with Crippen LogP contribution in [0.4, 0.5) is 8.78 Å². The molecule has 5 heteroatoms. The molecule has 1 aliphatic rings. The van der Waals surface area contributed by atoms with Crippen molar-refractivity contribution in [2.45, 2.75) is 19.3 Å². The average Bonchev–Trinajstić information content (AvgIpc) is 3.05. The molecule has 1 aromatic carbocycles. The Balaban J connectivity index is 2.06. The maximum absolute atomic E-state index is 13.7. The molecule has 0 aromatic heterocycles. The summed E-state index contributed by atoms with van der Waals surface area (Å²) < 4.78 is 32.5. The van der Waals surface area contributed by atoms with Gasteiger partial charge in [-0.05, 0) is 37.3 Å². The fourth-order valence-electron chi connectivity index (χ4n) is 2.06. The number of carbonyl (C=O) groups excluding carboxylic acids is 1. The fraction of sp³-hybridized carbons (Fsp3) is 0.357. The summed E-state index contributed by atoms with van der Waals surface area (Å²) in [6.45, 7) is 2.03. The minimum Gasteiger partial charge on any atom is -0.463 e. The average molecular weight is 331 g/mol. The lowest BCUT2D eigenvalue weighted by molar-refractivity contribution is -0.137. The molecule has 1 fully saturated rings. The van der Waals surface area contributed by atoms with Crippen molar-refractivity contribution in [3.63, 3.8) is 0 Å². The van der Waals surface area contributed by atoms with E-state index < -0.39 is 17.6 Å². The van der Waals surface area contributed by atoms with Gasteiger partial charge in [-0.2, -0.15) is 0 Å². The molecule has 2 unspecified atom stereocenters.